The Morgan fingerprint density at radius 3 is 2.28 bits per heavy atom. The van der Waals surface area contributed by atoms with Crippen molar-refractivity contribution >= 4 is 29.1 Å². The van der Waals surface area contributed by atoms with E-state index in [0.717, 1.165) is 38.2 Å². The summed E-state index contributed by atoms with van der Waals surface area (Å²) in [4.78, 5) is 44.0. The second-order valence-electron chi connectivity index (χ2n) is 9.13. The summed E-state index contributed by atoms with van der Waals surface area (Å²) in [5.74, 6) is -0.296. The molecule has 2 aromatic carbocycles. The van der Waals surface area contributed by atoms with Gasteiger partial charge in [-0.25, -0.2) is 0 Å². The molecule has 0 radical (unpaired) electrons. The highest BCUT2D eigenvalue weighted by atomic mass is 16.2. The van der Waals surface area contributed by atoms with E-state index in [1.807, 2.05) is 21.9 Å². The number of hydrogen-bond acceptors (Lipinski definition) is 6. The predicted octanol–water partition coefficient (Wildman–Crippen LogP) is 2.30. The zero-order valence-corrected chi connectivity index (χ0v) is 20.6. The predicted molar refractivity (Wildman–Crippen MR) is 138 cm³/mol. The first-order valence-corrected chi connectivity index (χ1v) is 12.4. The minimum atomic E-state index is -0.202. The van der Waals surface area contributed by atoms with Gasteiger partial charge in [0.1, 0.15) is 0 Å². The molecule has 188 valence electrons. The van der Waals surface area contributed by atoms with Crippen molar-refractivity contribution in [1.29, 1.82) is 5.26 Å². The molecule has 0 aromatic heterocycles. The third kappa shape index (κ3) is 6.01. The van der Waals surface area contributed by atoms with Crippen molar-refractivity contribution in [3.63, 3.8) is 0 Å². The SMILES string of the molecule is CC(=O)Nc1cc(C(=O)N2CCCNCC2)ccc1N1CCCN(C(=O)c2ccc(C#N)cc2)CC1. The van der Waals surface area contributed by atoms with E-state index >= 15 is 0 Å². The number of nitrogens with one attached hydrogen (secondary N) is 2. The Kier molecular flexibility index (Phi) is 8.18. The standard InChI is InChI=1S/C27H32N6O3/c1-20(34)30-24-18-23(27(36)32-12-2-10-29-11-15-32)8-9-25(24)31-13-3-14-33(17-16-31)26(35)22-6-4-21(19-28)5-7-22/h4-9,18,29H,2-3,10-17H2,1H3,(H,30,34). The van der Waals surface area contributed by atoms with Gasteiger partial charge < -0.3 is 25.3 Å². The van der Waals surface area contributed by atoms with Gasteiger partial charge in [-0.05, 0) is 61.9 Å². The van der Waals surface area contributed by atoms with E-state index in [4.69, 9.17) is 5.26 Å². The third-order valence-electron chi connectivity index (χ3n) is 6.57. The van der Waals surface area contributed by atoms with Gasteiger partial charge in [-0.2, -0.15) is 5.26 Å². The fourth-order valence-corrected chi connectivity index (χ4v) is 4.70. The molecular formula is C27H32N6O3. The Morgan fingerprint density at radius 1 is 0.833 bits per heavy atom. The molecule has 2 saturated heterocycles. The first-order valence-electron chi connectivity index (χ1n) is 12.4. The molecular weight excluding hydrogens is 456 g/mol. The zero-order valence-electron chi connectivity index (χ0n) is 20.6. The molecule has 2 N–H and O–H groups in total. The van der Waals surface area contributed by atoms with Crippen molar-refractivity contribution in [3.8, 4) is 6.07 Å². The van der Waals surface area contributed by atoms with Gasteiger partial charge in [0, 0.05) is 63.9 Å². The van der Waals surface area contributed by atoms with Crippen LogP contribution in [0.1, 0.15) is 46.0 Å². The van der Waals surface area contributed by atoms with Crippen molar-refractivity contribution in [1.82, 2.24) is 15.1 Å². The van der Waals surface area contributed by atoms with Crippen LogP contribution in [0.4, 0.5) is 11.4 Å². The summed E-state index contributed by atoms with van der Waals surface area (Å²) in [6.07, 6.45) is 1.68. The largest absolute Gasteiger partial charge is 0.368 e. The van der Waals surface area contributed by atoms with Gasteiger partial charge in [0.05, 0.1) is 23.0 Å². The molecule has 0 atom stereocenters. The molecule has 2 heterocycles. The lowest BCUT2D eigenvalue weighted by Crippen LogP contribution is -2.35. The van der Waals surface area contributed by atoms with Gasteiger partial charge in [0.25, 0.3) is 11.8 Å². The van der Waals surface area contributed by atoms with Crippen LogP contribution < -0.4 is 15.5 Å². The van der Waals surface area contributed by atoms with E-state index in [1.54, 1.807) is 30.3 Å². The van der Waals surface area contributed by atoms with Crippen molar-refractivity contribution in [2.24, 2.45) is 0 Å². The number of nitrogens with zero attached hydrogens (tertiary/aromatic N) is 4. The van der Waals surface area contributed by atoms with Crippen LogP contribution in [0.15, 0.2) is 42.5 Å². The lowest BCUT2D eigenvalue weighted by Gasteiger charge is -2.27. The first kappa shape index (κ1) is 25.2. The molecule has 0 saturated carbocycles. The number of carbonyl (C=O) groups is 3. The van der Waals surface area contributed by atoms with Crippen molar-refractivity contribution < 1.29 is 14.4 Å². The maximum Gasteiger partial charge on any atom is 0.253 e. The molecule has 2 aromatic rings. The summed E-state index contributed by atoms with van der Waals surface area (Å²) in [6.45, 7) is 6.95. The van der Waals surface area contributed by atoms with Gasteiger partial charge in [-0.1, -0.05) is 0 Å². The molecule has 3 amide bonds. The Balaban J connectivity index is 1.50. The highest BCUT2D eigenvalue weighted by molar-refractivity contribution is 5.99. The average molecular weight is 489 g/mol. The Hall–Kier alpha value is -3.90. The Morgan fingerprint density at radius 2 is 1.53 bits per heavy atom. The van der Waals surface area contributed by atoms with Crippen LogP contribution in [-0.4, -0.2) is 79.9 Å². The second-order valence-corrected chi connectivity index (χ2v) is 9.13. The number of amides is 3. The molecule has 2 fully saturated rings. The molecule has 9 heteroatoms. The minimum Gasteiger partial charge on any atom is -0.368 e. The smallest absolute Gasteiger partial charge is 0.253 e. The lowest BCUT2D eigenvalue weighted by atomic mass is 10.1. The van der Waals surface area contributed by atoms with E-state index in [0.29, 0.717) is 55.1 Å². The van der Waals surface area contributed by atoms with Crippen molar-refractivity contribution in [2.75, 3.05) is 62.6 Å². The van der Waals surface area contributed by atoms with Gasteiger partial charge in [0.15, 0.2) is 0 Å². The molecule has 0 unspecified atom stereocenters. The number of rotatable bonds is 4. The zero-order chi connectivity index (χ0) is 25.5. The van der Waals surface area contributed by atoms with Crippen LogP contribution in [-0.2, 0) is 4.79 Å². The fraction of sp³-hybridized carbons (Fsp3) is 0.407. The van der Waals surface area contributed by atoms with Crippen molar-refractivity contribution in [2.45, 2.75) is 19.8 Å². The highest BCUT2D eigenvalue weighted by Gasteiger charge is 2.24. The number of carbonyl (C=O) groups excluding carboxylic acids is 3. The number of nitriles is 1. The number of anilines is 2. The highest BCUT2D eigenvalue weighted by Crippen LogP contribution is 2.29. The Bertz CT molecular complexity index is 1150. The summed E-state index contributed by atoms with van der Waals surface area (Å²) >= 11 is 0. The van der Waals surface area contributed by atoms with Gasteiger partial charge in [-0.15, -0.1) is 0 Å². The quantitative estimate of drug-likeness (QED) is 0.684. The van der Waals surface area contributed by atoms with E-state index in [-0.39, 0.29) is 17.7 Å². The maximum absolute atomic E-state index is 13.1. The summed E-state index contributed by atoms with van der Waals surface area (Å²) in [7, 11) is 0. The van der Waals surface area contributed by atoms with Crippen LogP contribution in [0.25, 0.3) is 0 Å². The monoisotopic (exact) mass is 488 g/mol. The topological polar surface area (TPSA) is 109 Å². The molecule has 0 aliphatic carbocycles. The maximum atomic E-state index is 13.1. The van der Waals surface area contributed by atoms with Crippen LogP contribution in [0.2, 0.25) is 0 Å². The molecule has 4 rings (SSSR count). The van der Waals surface area contributed by atoms with E-state index in [1.165, 1.54) is 6.92 Å². The second kappa shape index (κ2) is 11.7. The average Bonchev–Trinajstić information content (AvgIpc) is 3.31. The van der Waals surface area contributed by atoms with Gasteiger partial charge in [-0.3, -0.25) is 14.4 Å². The molecule has 0 spiro atoms. The number of benzene rings is 2. The molecule has 2 aliphatic heterocycles. The van der Waals surface area contributed by atoms with Crippen LogP contribution in [0, 0.1) is 11.3 Å². The van der Waals surface area contributed by atoms with Crippen LogP contribution in [0.3, 0.4) is 0 Å². The first-order chi connectivity index (χ1) is 17.5. The Labute approximate surface area is 211 Å². The van der Waals surface area contributed by atoms with Gasteiger partial charge >= 0.3 is 0 Å². The minimum absolute atomic E-state index is 0.0353. The summed E-state index contributed by atoms with van der Waals surface area (Å²) < 4.78 is 0. The van der Waals surface area contributed by atoms with E-state index in [2.05, 4.69) is 21.6 Å². The van der Waals surface area contributed by atoms with E-state index in [9.17, 15) is 14.4 Å². The summed E-state index contributed by atoms with van der Waals surface area (Å²) in [5.41, 5.74) is 3.08. The van der Waals surface area contributed by atoms with Crippen LogP contribution >= 0.6 is 0 Å². The van der Waals surface area contributed by atoms with Crippen molar-refractivity contribution in [3.05, 3.63) is 59.2 Å². The van der Waals surface area contributed by atoms with E-state index < -0.39 is 0 Å². The van der Waals surface area contributed by atoms with Crippen LogP contribution in [0.5, 0.6) is 0 Å². The summed E-state index contributed by atoms with van der Waals surface area (Å²) in [5, 5.41) is 15.2. The molecule has 0 bridgehead atoms. The fourth-order valence-electron chi connectivity index (χ4n) is 4.70. The molecule has 2 aliphatic rings. The summed E-state index contributed by atoms with van der Waals surface area (Å²) in [6, 6.07) is 14.2. The normalized spacial score (nSPS) is 16.5. The molecule has 9 nitrogen and oxygen atoms in total. The molecule has 36 heavy (non-hydrogen) atoms. The lowest BCUT2D eigenvalue weighted by molar-refractivity contribution is -0.114. The number of hydrogen-bond donors (Lipinski definition) is 2. The van der Waals surface area contributed by atoms with Gasteiger partial charge in [0.2, 0.25) is 5.91 Å². The third-order valence-corrected chi connectivity index (χ3v) is 6.57.